The molecule has 0 aliphatic carbocycles. The van der Waals surface area contributed by atoms with Gasteiger partial charge in [0.2, 0.25) is 0 Å². The average molecular weight is 349 g/mol. The van der Waals surface area contributed by atoms with Crippen LogP contribution in [0.5, 0.6) is 0 Å². The molecular formula is C23H44N2. The molecule has 1 aromatic heterocycles. The molecule has 0 aliphatic heterocycles. The third-order valence-electron chi connectivity index (χ3n) is 5.48. The van der Waals surface area contributed by atoms with E-state index in [4.69, 9.17) is 0 Å². The van der Waals surface area contributed by atoms with Gasteiger partial charge in [-0.2, -0.15) is 0 Å². The molecule has 1 aromatic rings. The summed E-state index contributed by atoms with van der Waals surface area (Å²) in [6.07, 6.45) is 30.0. The Hall–Kier alpha value is -0.790. The molecule has 0 fully saturated rings. The molecule has 1 rings (SSSR count). The largest absolute Gasteiger partial charge is 0.334 e. The maximum absolute atomic E-state index is 4.26. The van der Waals surface area contributed by atoms with Crippen LogP contribution in [0.2, 0.25) is 0 Å². The lowest BCUT2D eigenvalue weighted by atomic mass is 10.00. The number of aromatic nitrogens is 2. The molecule has 2 nitrogen and oxygen atoms in total. The van der Waals surface area contributed by atoms with E-state index in [9.17, 15) is 0 Å². The minimum Gasteiger partial charge on any atom is -0.334 e. The van der Waals surface area contributed by atoms with Crippen LogP contribution in [0, 0.1) is 0 Å². The van der Waals surface area contributed by atoms with Crippen LogP contribution < -0.4 is 0 Å². The average Bonchev–Trinajstić information content (AvgIpc) is 3.16. The topological polar surface area (TPSA) is 17.8 Å². The SMILES string of the molecule is CCCCCCCCCCCCC(CCCCCCC)n1ccnc1. The van der Waals surface area contributed by atoms with E-state index in [0.29, 0.717) is 6.04 Å². The third-order valence-corrected chi connectivity index (χ3v) is 5.48. The lowest BCUT2D eigenvalue weighted by molar-refractivity contribution is 0.394. The second kappa shape index (κ2) is 16.7. The van der Waals surface area contributed by atoms with Gasteiger partial charge >= 0.3 is 0 Å². The van der Waals surface area contributed by atoms with E-state index in [1.54, 1.807) is 0 Å². The first kappa shape index (κ1) is 22.3. The van der Waals surface area contributed by atoms with Crippen molar-refractivity contribution in [1.82, 2.24) is 9.55 Å². The van der Waals surface area contributed by atoms with Crippen molar-refractivity contribution >= 4 is 0 Å². The molecule has 0 aromatic carbocycles. The molecule has 1 unspecified atom stereocenters. The molecule has 0 N–H and O–H groups in total. The second-order valence-electron chi connectivity index (χ2n) is 7.84. The smallest absolute Gasteiger partial charge is 0.0948 e. The zero-order valence-electron chi connectivity index (χ0n) is 17.2. The van der Waals surface area contributed by atoms with E-state index in [-0.39, 0.29) is 0 Å². The second-order valence-corrected chi connectivity index (χ2v) is 7.84. The van der Waals surface area contributed by atoms with Gasteiger partial charge in [-0.3, -0.25) is 0 Å². The van der Waals surface area contributed by atoms with Crippen molar-refractivity contribution in [1.29, 1.82) is 0 Å². The van der Waals surface area contributed by atoms with Gasteiger partial charge in [-0.25, -0.2) is 4.98 Å². The van der Waals surface area contributed by atoms with Gasteiger partial charge in [0.1, 0.15) is 0 Å². The predicted molar refractivity (Wildman–Crippen MR) is 111 cm³/mol. The van der Waals surface area contributed by atoms with Crippen molar-refractivity contribution in [3.63, 3.8) is 0 Å². The summed E-state index contributed by atoms with van der Waals surface area (Å²) < 4.78 is 2.35. The number of imidazole rings is 1. The Kier molecular flexibility index (Phi) is 14.8. The van der Waals surface area contributed by atoms with Crippen molar-refractivity contribution in [3.8, 4) is 0 Å². The molecule has 0 radical (unpaired) electrons. The molecule has 0 saturated heterocycles. The van der Waals surface area contributed by atoms with Gasteiger partial charge in [0, 0.05) is 18.4 Å². The molecule has 1 heterocycles. The van der Waals surface area contributed by atoms with Gasteiger partial charge in [-0.1, -0.05) is 110 Å². The number of rotatable bonds is 18. The Morgan fingerprint density at radius 1 is 0.640 bits per heavy atom. The first-order valence-electron chi connectivity index (χ1n) is 11.4. The van der Waals surface area contributed by atoms with E-state index in [0.717, 1.165) is 0 Å². The summed E-state index contributed by atoms with van der Waals surface area (Å²) in [6, 6.07) is 0.679. The van der Waals surface area contributed by atoms with Crippen LogP contribution in [0.25, 0.3) is 0 Å². The molecule has 0 aliphatic rings. The Morgan fingerprint density at radius 2 is 1.08 bits per heavy atom. The lowest BCUT2D eigenvalue weighted by Crippen LogP contribution is -2.07. The summed E-state index contributed by atoms with van der Waals surface area (Å²) in [7, 11) is 0. The van der Waals surface area contributed by atoms with Gasteiger partial charge in [-0.15, -0.1) is 0 Å². The fourth-order valence-electron chi connectivity index (χ4n) is 3.78. The van der Waals surface area contributed by atoms with Crippen LogP contribution >= 0.6 is 0 Å². The van der Waals surface area contributed by atoms with Crippen LogP contribution in [0.3, 0.4) is 0 Å². The van der Waals surface area contributed by atoms with Crippen LogP contribution in [-0.4, -0.2) is 9.55 Å². The van der Waals surface area contributed by atoms with E-state index in [1.165, 1.54) is 109 Å². The highest BCUT2D eigenvalue weighted by atomic mass is 15.0. The highest BCUT2D eigenvalue weighted by Gasteiger charge is 2.09. The Balaban J connectivity index is 2.06. The van der Waals surface area contributed by atoms with Gasteiger partial charge < -0.3 is 4.57 Å². The van der Waals surface area contributed by atoms with Crippen molar-refractivity contribution in [2.45, 2.75) is 129 Å². The summed E-state index contributed by atoms with van der Waals surface area (Å²) in [4.78, 5) is 4.26. The zero-order valence-corrected chi connectivity index (χ0v) is 17.2. The highest BCUT2D eigenvalue weighted by Crippen LogP contribution is 2.23. The quantitative estimate of drug-likeness (QED) is 0.245. The summed E-state index contributed by atoms with van der Waals surface area (Å²) in [5.74, 6) is 0. The van der Waals surface area contributed by atoms with Crippen LogP contribution in [0.4, 0.5) is 0 Å². The molecular weight excluding hydrogens is 304 g/mol. The molecule has 0 spiro atoms. The molecule has 25 heavy (non-hydrogen) atoms. The Bertz CT molecular complexity index is 358. The van der Waals surface area contributed by atoms with Crippen LogP contribution in [-0.2, 0) is 0 Å². The highest BCUT2D eigenvalue weighted by molar-refractivity contribution is 4.80. The normalized spacial score (nSPS) is 12.6. The Morgan fingerprint density at radius 3 is 1.48 bits per heavy atom. The van der Waals surface area contributed by atoms with E-state index >= 15 is 0 Å². The van der Waals surface area contributed by atoms with E-state index in [1.807, 2.05) is 12.5 Å². The van der Waals surface area contributed by atoms with Crippen molar-refractivity contribution in [3.05, 3.63) is 18.7 Å². The molecule has 1 atom stereocenters. The number of unbranched alkanes of at least 4 members (excludes halogenated alkanes) is 13. The number of nitrogens with zero attached hydrogens (tertiary/aromatic N) is 2. The maximum Gasteiger partial charge on any atom is 0.0948 e. The van der Waals surface area contributed by atoms with Crippen molar-refractivity contribution in [2.24, 2.45) is 0 Å². The standard InChI is InChI=1S/C23H44N2/c1-3-5-7-9-10-11-12-13-15-17-19-23(25-21-20-24-22-25)18-16-14-8-6-4-2/h20-23H,3-19H2,1-2H3. The van der Waals surface area contributed by atoms with E-state index < -0.39 is 0 Å². The van der Waals surface area contributed by atoms with Crippen LogP contribution in [0.1, 0.15) is 129 Å². The van der Waals surface area contributed by atoms with Crippen molar-refractivity contribution < 1.29 is 0 Å². The molecule has 0 amide bonds. The Labute approximate surface area is 157 Å². The van der Waals surface area contributed by atoms with E-state index in [2.05, 4.69) is 29.6 Å². The fourth-order valence-corrected chi connectivity index (χ4v) is 3.78. The summed E-state index contributed by atoms with van der Waals surface area (Å²) in [6.45, 7) is 4.59. The first-order valence-corrected chi connectivity index (χ1v) is 11.4. The fraction of sp³-hybridized carbons (Fsp3) is 0.870. The maximum atomic E-state index is 4.26. The zero-order chi connectivity index (χ0) is 18.0. The summed E-state index contributed by atoms with van der Waals surface area (Å²) in [5, 5.41) is 0. The third kappa shape index (κ3) is 12.2. The lowest BCUT2D eigenvalue weighted by Gasteiger charge is -2.18. The predicted octanol–water partition coefficient (Wildman–Crippen LogP) is 8.10. The molecule has 0 bridgehead atoms. The van der Waals surface area contributed by atoms with Gasteiger partial charge in [0.25, 0.3) is 0 Å². The minimum atomic E-state index is 0.679. The monoisotopic (exact) mass is 348 g/mol. The molecule has 2 heteroatoms. The number of hydrogen-bond acceptors (Lipinski definition) is 1. The first-order chi connectivity index (χ1) is 12.4. The van der Waals surface area contributed by atoms with Crippen molar-refractivity contribution in [2.75, 3.05) is 0 Å². The summed E-state index contributed by atoms with van der Waals surface area (Å²) >= 11 is 0. The van der Waals surface area contributed by atoms with Gasteiger partial charge in [-0.05, 0) is 12.8 Å². The minimum absolute atomic E-state index is 0.679. The number of hydrogen-bond donors (Lipinski definition) is 0. The van der Waals surface area contributed by atoms with Gasteiger partial charge in [0.05, 0.1) is 6.33 Å². The summed E-state index contributed by atoms with van der Waals surface area (Å²) in [5.41, 5.74) is 0. The van der Waals surface area contributed by atoms with Gasteiger partial charge in [0.15, 0.2) is 0 Å². The molecule has 0 saturated carbocycles. The van der Waals surface area contributed by atoms with Crippen LogP contribution in [0.15, 0.2) is 18.7 Å². The molecule has 146 valence electrons.